The Morgan fingerprint density at radius 3 is 2.80 bits per heavy atom. The Morgan fingerprint density at radius 1 is 1.25 bits per heavy atom. The molecule has 5 heteroatoms. The molecule has 0 radical (unpaired) electrons. The molecule has 3 nitrogen and oxygen atoms in total. The van der Waals surface area contributed by atoms with Crippen molar-refractivity contribution in [3.63, 3.8) is 0 Å². The van der Waals surface area contributed by atoms with Crippen LogP contribution in [0.4, 0.5) is 0 Å². The molecule has 0 unspecified atom stereocenters. The zero-order valence-electron chi connectivity index (χ0n) is 11.0. The highest BCUT2D eigenvalue weighted by Gasteiger charge is 2.26. The maximum Gasteiger partial charge on any atom is 0.286 e. The van der Waals surface area contributed by atoms with Gasteiger partial charge in [0.1, 0.15) is 0 Å². The van der Waals surface area contributed by atoms with Gasteiger partial charge in [0.05, 0.1) is 4.91 Å². The Morgan fingerprint density at radius 2 is 2.05 bits per heavy atom. The van der Waals surface area contributed by atoms with E-state index in [0.717, 1.165) is 23.8 Å². The molecule has 0 saturated carbocycles. The molecule has 2 aliphatic heterocycles. The quantitative estimate of drug-likeness (QED) is 0.740. The molecule has 1 saturated heterocycles. The van der Waals surface area contributed by atoms with Crippen LogP contribution in [0.1, 0.15) is 24.8 Å². The van der Waals surface area contributed by atoms with Crippen molar-refractivity contribution < 1.29 is 4.79 Å². The number of amidine groups is 1. The SMILES string of the molecule is O=C1N=C(N2CCCCC2)S/C1=C\c1cccc(Cl)c1. The number of thioether (sulfide) groups is 1. The number of carbonyl (C=O) groups excluding carboxylic acids is 1. The van der Waals surface area contributed by atoms with Crippen molar-refractivity contribution in [2.75, 3.05) is 13.1 Å². The van der Waals surface area contributed by atoms with Crippen LogP contribution in [0.25, 0.3) is 6.08 Å². The van der Waals surface area contributed by atoms with E-state index < -0.39 is 0 Å². The van der Waals surface area contributed by atoms with Gasteiger partial charge in [0, 0.05) is 18.1 Å². The molecule has 0 bridgehead atoms. The average molecular weight is 307 g/mol. The van der Waals surface area contributed by atoms with Gasteiger partial charge in [-0.05, 0) is 54.8 Å². The number of carbonyl (C=O) groups is 1. The van der Waals surface area contributed by atoms with Gasteiger partial charge in [0.15, 0.2) is 5.17 Å². The summed E-state index contributed by atoms with van der Waals surface area (Å²) in [6.07, 6.45) is 5.50. The molecular weight excluding hydrogens is 292 g/mol. The number of aliphatic imine (C=N–C) groups is 1. The minimum Gasteiger partial charge on any atom is -0.351 e. The van der Waals surface area contributed by atoms with Crippen LogP contribution in [-0.4, -0.2) is 29.1 Å². The van der Waals surface area contributed by atoms with Gasteiger partial charge >= 0.3 is 0 Å². The van der Waals surface area contributed by atoms with Crippen LogP contribution >= 0.6 is 23.4 Å². The lowest BCUT2D eigenvalue weighted by Crippen LogP contribution is -2.33. The van der Waals surface area contributed by atoms with Gasteiger partial charge in [-0.25, -0.2) is 0 Å². The van der Waals surface area contributed by atoms with Crippen LogP contribution in [0, 0.1) is 0 Å². The van der Waals surface area contributed by atoms with Crippen molar-refractivity contribution in [1.29, 1.82) is 0 Å². The van der Waals surface area contributed by atoms with E-state index in [1.165, 1.54) is 31.0 Å². The fourth-order valence-electron chi connectivity index (χ4n) is 2.37. The number of piperidine rings is 1. The summed E-state index contributed by atoms with van der Waals surface area (Å²) in [5.41, 5.74) is 0.934. The molecule has 1 aromatic carbocycles. The molecule has 0 aliphatic carbocycles. The van der Waals surface area contributed by atoms with Crippen LogP contribution in [0.5, 0.6) is 0 Å². The number of likely N-dealkylation sites (tertiary alicyclic amines) is 1. The van der Waals surface area contributed by atoms with E-state index in [4.69, 9.17) is 11.6 Å². The molecule has 1 aromatic rings. The molecule has 2 heterocycles. The third-order valence-electron chi connectivity index (χ3n) is 3.38. The van der Waals surface area contributed by atoms with E-state index in [2.05, 4.69) is 9.89 Å². The largest absolute Gasteiger partial charge is 0.351 e. The maximum atomic E-state index is 12.0. The first-order valence-corrected chi connectivity index (χ1v) is 7.95. The summed E-state index contributed by atoms with van der Waals surface area (Å²) in [4.78, 5) is 19.0. The first kappa shape index (κ1) is 13.7. The topological polar surface area (TPSA) is 32.7 Å². The fourth-order valence-corrected chi connectivity index (χ4v) is 3.53. The second kappa shape index (κ2) is 6.02. The third-order valence-corrected chi connectivity index (χ3v) is 4.66. The number of hydrogen-bond donors (Lipinski definition) is 0. The first-order valence-electron chi connectivity index (χ1n) is 6.75. The van der Waals surface area contributed by atoms with Crippen LogP contribution in [-0.2, 0) is 4.79 Å². The van der Waals surface area contributed by atoms with Gasteiger partial charge in [-0.2, -0.15) is 4.99 Å². The van der Waals surface area contributed by atoms with E-state index in [-0.39, 0.29) is 5.91 Å². The second-order valence-corrected chi connectivity index (χ2v) is 6.36. The Labute approximate surface area is 127 Å². The average Bonchev–Trinajstić information content (AvgIpc) is 2.81. The van der Waals surface area contributed by atoms with Gasteiger partial charge in [-0.15, -0.1) is 0 Å². The Bertz CT molecular complexity index is 591. The molecule has 2 aliphatic rings. The summed E-state index contributed by atoms with van der Waals surface area (Å²) in [6, 6.07) is 7.49. The lowest BCUT2D eigenvalue weighted by molar-refractivity contribution is -0.113. The molecule has 1 amide bonds. The number of rotatable bonds is 1. The summed E-state index contributed by atoms with van der Waals surface area (Å²) in [5, 5.41) is 1.52. The van der Waals surface area contributed by atoms with Crippen molar-refractivity contribution in [1.82, 2.24) is 4.90 Å². The van der Waals surface area contributed by atoms with Crippen LogP contribution in [0.15, 0.2) is 34.2 Å². The van der Waals surface area contributed by atoms with Gasteiger partial charge in [0.2, 0.25) is 0 Å². The van der Waals surface area contributed by atoms with Crippen LogP contribution in [0.3, 0.4) is 0 Å². The maximum absolute atomic E-state index is 12.0. The Kier molecular flexibility index (Phi) is 4.13. The van der Waals surface area contributed by atoms with E-state index in [1.807, 2.05) is 30.3 Å². The minimum atomic E-state index is -0.143. The number of halogens is 1. The number of nitrogens with zero attached hydrogens (tertiary/aromatic N) is 2. The van der Waals surface area contributed by atoms with E-state index in [9.17, 15) is 4.79 Å². The summed E-state index contributed by atoms with van der Waals surface area (Å²) >= 11 is 7.43. The zero-order valence-corrected chi connectivity index (χ0v) is 12.6. The summed E-state index contributed by atoms with van der Waals surface area (Å²) < 4.78 is 0. The Balaban J connectivity index is 1.76. The normalized spacial score (nSPS) is 21.4. The molecule has 20 heavy (non-hydrogen) atoms. The summed E-state index contributed by atoms with van der Waals surface area (Å²) in [6.45, 7) is 2.01. The van der Waals surface area contributed by atoms with E-state index in [0.29, 0.717) is 9.93 Å². The van der Waals surface area contributed by atoms with Crippen molar-refractivity contribution in [3.05, 3.63) is 39.8 Å². The molecule has 0 aromatic heterocycles. The number of amides is 1. The van der Waals surface area contributed by atoms with Crippen LogP contribution < -0.4 is 0 Å². The predicted octanol–water partition coefficient (Wildman–Crippen LogP) is 3.80. The summed E-state index contributed by atoms with van der Waals surface area (Å²) in [5.74, 6) is -0.143. The molecule has 3 rings (SSSR count). The molecule has 1 fully saturated rings. The lowest BCUT2D eigenvalue weighted by atomic mass is 10.1. The smallest absolute Gasteiger partial charge is 0.286 e. The highest BCUT2D eigenvalue weighted by molar-refractivity contribution is 8.18. The molecule has 0 atom stereocenters. The standard InChI is InChI=1S/C15H15ClN2OS/c16-12-6-4-5-11(9-12)10-13-14(19)17-15(20-13)18-7-2-1-3-8-18/h4-6,9-10H,1-3,7-8H2/b13-10-. The fraction of sp³-hybridized carbons (Fsp3) is 0.333. The van der Waals surface area contributed by atoms with Crippen molar-refractivity contribution in [2.24, 2.45) is 4.99 Å². The first-order chi connectivity index (χ1) is 9.72. The highest BCUT2D eigenvalue weighted by atomic mass is 35.5. The van der Waals surface area contributed by atoms with Gasteiger partial charge < -0.3 is 4.90 Å². The minimum absolute atomic E-state index is 0.143. The molecular formula is C15H15ClN2OS. The number of hydrogen-bond acceptors (Lipinski definition) is 3. The van der Waals surface area contributed by atoms with Gasteiger partial charge in [0.25, 0.3) is 5.91 Å². The van der Waals surface area contributed by atoms with E-state index in [1.54, 1.807) is 0 Å². The molecule has 0 N–H and O–H groups in total. The Hall–Kier alpha value is -1.26. The molecule has 0 spiro atoms. The van der Waals surface area contributed by atoms with Crippen molar-refractivity contribution in [3.8, 4) is 0 Å². The highest BCUT2D eigenvalue weighted by Crippen LogP contribution is 2.31. The monoisotopic (exact) mass is 306 g/mol. The van der Waals surface area contributed by atoms with Crippen molar-refractivity contribution >= 4 is 40.5 Å². The van der Waals surface area contributed by atoms with Gasteiger partial charge in [-0.1, -0.05) is 23.7 Å². The lowest BCUT2D eigenvalue weighted by Gasteiger charge is -2.27. The van der Waals surface area contributed by atoms with Crippen molar-refractivity contribution in [2.45, 2.75) is 19.3 Å². The second-order valence-electron chi connectivity index (χ2n) is 4.91. The predicted molar refractivity (Wildman–Crippen MR) is 84.9 cm³/mol. The van der Waals surface area contributed by atoms with Gasteiger partial charge in [-0.3, -0.25) is 4.79 Å². The van der Waals surface area contributed by atoms with E-state index >= 15 is 0 Å². The third kappa shape index (κ3) is 3.07. The van der Waals surface area contributed by atoms with Crippen LogP contribution in [0.2, 0.25) is 5.02 Å². The zero-order chi connectivity index (χ0) is 13.9. The molecule has 104 valence electrons. The summed E-state index contributed by atoms with van der Waals surface area (Å²) in [7, 11) is 0. The number of benzene rings is 1.